The SMILES string of the molecule is CC[C@H](C)c1ccc(NC(=O)COc2cccc(C=O)c2)cc1. The summed E-state index contributed by atoms with van der Waals surface area (Å²) >= 11 is 0. The fraction of sp³-hybridized carbons (Fsp3) is 0.263. The largest absolute Gasteiger partial charge is 0.484 e. The Hall–Kier alpha value is -2.62. The summed E-state index contributed by atoms with van der Waals surface area (Å²) in [5.74, 6) is 0.767. The molecule has 0 unspecified atom stereocenters. The van der Waals surface area contributed by atoms with Crippen LogP contribution in [-0.2, 0) is 4.79 Å². The first kappa shape index (κ1) is 16.7. The fourth-order valence-electron chi connectivity index (χ4n) is 2.15. The molecule has 4 heteroatoms. The Labute approximate surface area is 136 Å². The van der Waals surface area contributed by atoms with Gasteiger partial charge in [-0.05, 0) is 42.2 Å². The van der Waals surface area contributed by atoms with Gasteiger partial charge >= 0.3 is 0 Å². The van der Waals surface area contributed by atoms with Gasteiger partial charge in [0.15, 0.2) is 6.61 Å². The minimum absolute atomic E-state index is 0.102. The number of amides is 1. The maximum Gasteiger partial charge on any atom is 0.262 e. The molecule has 2 rings (SSSR count). The molecular weight excluding hydrogens is 290 g/mol. The van der Waals surface area contributed by atoms with E-state index in [1.54, 1.807) is 24.3 Å². The van der Waals surface area contributed by atoms with Crippen molar-refractivity contribution in [2.24, 2.45) is 0 Å². The monoisotopic (exact) mass is 311 g/mol. The first-order chi connectivity index (χ1) is 11.1. The van der Waals surface area contributed by atoms with Gasteiger partial charge in [-0.25, -0.2) is 0 Å². The second kappa shape index (κ2) is 8.13. The van der Waals surface area contributed by atoms with Crippen LogP contribution in [0, 0.1) is 0 Å². The maximum atomic E-state index is 11.9. The quantitative estimate of drug-likeness (QED) is 0.785. The van der Waals surface area contributed by atoms with Crippen molar-refractivity contribution in [1.29, 1.82) is 0 Å². The Balaban J connectivity index is 1.88. The van der Waals surface area contributed by atoms with Crippen molar-refractivity contribution in [3.05, 3.63) is 59.7 Å². The maximum absolute atomic E-state index is 11.9. The third-order valence-corrected chi connectivity index (χ3v) is 3.74. The van der Waals surface area contributed by atoms with Gasteiger partial charge in [0, 0.05) is 11.3 Å². The van der Waals surface area contributed by atoms with Crippen LogP contribution >= 0.6 is 0 Å². The van der Waals surface area contributed by atoms with Gasteiger partial charge in [-0.3, -0.25) is 9.59 Å². The van der Waals surface area contributed by atoms with Crippen LogP contribution in [0.4, 0.5) is 5.69 Å². The molecule has 0 saturated heterocycles. The Morgan fingerprint density at radius 1 is 1.22 bits per heavy atom. The molecule has 0 aliphatic heterocycles. The van der Waals surface area contributed by atoms with E-state index in [-0.39, 0.29) is 12.5 Å². The van der Waals surface area contributed by atoms with Crippen molar-refractivity contribution in [2.75, 3.05) is 11.9 Å². The molecule has 0 fully saturated rings. The van der Waals surface area contributed by atoms with Crippen molar-refractivity contribution in [1.82, 2.24) is 0 Å². The summed E-state index contributed by atoms with van der Waals surface area (Å²) in [6.45, 7) is 4.22. The number of ether oxygens (including phenoxy) is 1. The van der Waals surface area contributed by atoms with E-state index in [2.05, 4.69) is 19.2 Å². The molecule has 2 aromatic carbocycles. The number of rotatable bonds is 7. The van der Waals surface area contributed by atoms with Gasteiger partial charge in [-0.15, -0.1) is 0 Å². The average Bonchev–Trinajstić information content (AvgIpc) is 2.60. The first-order valence-electron chi connectivity index (χ1n) is 7.70. The summed E-state index contributed by atoms with van der Waals surface area (Å²) < 4.78 is 5.39. The minimum Gasteiger partial charge on any atom is -0.484 e. The molecule has 0 spiro atoms. The van der Waals surface area contributed by atoms with Crippen molar-refractivity contribution in [2.45, 2.75) is 26.2 Å². The number of aldehydes is 1. The van der Waals surface area contributed by atoms with Crippen LogP contribution in [0.25, 0.3) is 0 Å². The number of benzene rings is 2. The lowest BCUT2D eigenvalue weighted by Gasteiger charge is -2.11. The van der Waals surface area contributed by atoms with Gasteiger partial charge in [0.05, 0.1) is 0 Å². The molecule has 1 N–H and O–H groups in total. The molecule has 0 saturated carbocycles. The van der Waals surface area contributed by atoms with E-state index in [1.165, 1.54) is 5.56 Å². The molecule has 120 valence electrons. The third kappa shape index (κ3) is 4.95. The van der Waals surface area contributed by atoms with Crippen LogP contribution in [0.5, 0.6) is 5.75 Å². The van der Waals surface area contributed by atoms with E-state index in [4.69, 9.17) is 4.74 Å². The molecule has 0 bridgehead atoms. The highest BCUT2D eigenvalue weighted by Crippen LogP contribution is 2.20. The van der Waals surface area contributed by atoms with Gasteiger partial charge in [0.25, 0.3) is 5.91 Å². The highest BCUT2D eigenvalue weighted by atomic mass is 16.5. The zero-order chi connectivity index (χ0) is 16.7. The molecule has 0 aliphatic carbocycles. The molecule has 1 atom stereocenters. The second-order valence-electron chi connectivity index (χ2n) is 5.46. The Morgan fingerprint density at radius 2 is 1.96 bits per heavy atom. The number of hydrogen-bond acceptors (Lipinski definition) is 3. The van der Waals surface area contributed by atoms with Crippen LogP contribution in [0.2, 0.25) is 0 Å². The molecule has 2 aromatic rings. The highest BCUT2D eigenvalue weighted by Gasteiger charge is 2.06. The second-order valence-corrected chi connectivity index (χ2v) is 5.46. The predicted molar refractivity (Wildman–Crippen MR) is 91.1 cm³/mol. The predicted octanol–water partition coefficient (Wildman–Crippen LogP) is 4.03. The van der Waals surface area contributed by atoms with Gasteiger partial charge in [0.1, 0.15) is 12.0 Å². The van der Waals surface area contributed by atoms with Crippen LogP contribution in [0.3, 0.4) is 0 Å². The van der Waals surface area contributed by atoms with E-state index < -0.39 is 0 Å². The minimum atomic E-state index is -0.238. The molecule has 0 radical (unpaired) electrons. The molecule has 0 aromatic heterocycles. The zero-order valence-corrected chi connectivity index (χ0v) is 13.4. The number of anilines is 1. The van der Waals surface area contributed by atoms with Gasteiger partial charge in [-0.2, -0.15) is 0 Å². The lowest BCUT2D eigenvalue weighted by Crippen LogP contribution is -2.20. The van der Waals surface area contributed by atoms with E-state index in [0.29, 0.717) is 17.2 Å². The molecule has 4 nitrogen and oxygen atoms in total. The van der Waals surface area contributed by atoms with Gasteiger partial charge < -0.3 is 10.1 Å². The molecule has 0 aliphatic rings. The number of carbonyl (C=O) groups is 2. The normalized spacial score (nSPS) is 11.6. The Bertz CT molecular complexity index is 665. The molecule has 23 heavy (non-hydrogen) atoms. The Morgan fingerprint density at radius 3 is 2.61 bits per heavy atom. The van der Waals surface area contributed by atoms with Gasteiger partial charge in [-0.1, -0.05) is 38.1 Å². The van der Waals surface area contributed by atoms with Crippen LogP contribution < -0.4 is 10.1 Å². The summed E-state index contributed by atoms with van der Waals surface area (Å²) in [6.07, 6.45) is 1.82. The van der Waals surface area contributed by atoms with E-state index in [9.17, 15) is 9.59 Å². The van der Waals surface area contributed by atoms with Crippen molar-refractivity contribution < 1.29 is 14.3 Å². The molecule has 0 heterocycles. The van der Waals surface area contributed by atoms with Crippen LogP contribution in [0.15, 0.2) is 48.5 Å². The van der Waals surface area contributed by atoms with E-state index in [1.807, 2.05) is 24.3 Å². The van der Waals surface area contributed by atoms with E-state index >= 15 is 0 Å². The number of hydrogen-bond donors (Lipinski definition) is 1. The number of nitrogens with one attached hydrogen (secondary N) is 1. The first-order valence-corrected chi connectivity index (χ1v) is 7.70. The number of carbonyl (C=O) groups excluding carboxylic acids is 2. The van der Waals surface area contributed by atoms with E-state index in [0.717, 1.165) is 18.4 Å². The summed E-state index contributed by atoms with van der Waals surface area (Å²) in [6, 6.07) is 14.5. The molecular formula is C19H21NO3. The summed E-state index contributed by atoms with van der Waals surface area (Å²) in [5, 5.41) is 2.79. The lowest BCUT2D eigenvalue weighted by molar-refractivity contribution is -0.118. The standard InChI is InChI=1S/C19H21NO3/c1-3-14(2)16-7-9-17(10-8-16)20-19(22)13-23-18-6-4-5-15(11-18)12-21/h4-12,14H,3,13H2,1-2H3,(H,20,22)/t14-/m0/s1. The topological polar surface area (TPSA) is 55.4 Å². The van der Waals surface area contributed by atoms with Crippen LogP contribution in [0.1, 0.15) is 42.1 Å². The fourth-order valence-corrected chi connectivity index (χ4v) is 2.15. The smallest absolute Gasteiger partial charge is 0.262 e. The summed E-state index contributed by atoms with van der Waals surface area (Å²) in [7, 11) is 0. The zero-order valence-electron chi connectivity index (χ0n) is 13.4. The van der Waals surface area contributed by atoms with Crippen molar-refractivity contribution in [3.63, 3.8) is 0 Å². The highest BCUT2D eigenvalue weighted by molar-refractivity contribution is 5.91. The van der Waals surface area contributed by atoms with Gasteiger partial charge in [0.2, 0.25) is 0 Å². The summed E-state index contributed by atoms with van der Waals surface area (Å²) in [4.78, 5) is 22.6. The Kier molecular flexibility index (Phi) is 5.92. The van der Waals surface area contributed by atoms with Crippen molar-refractivity contribution in [3.8, 4) is 5.75 Å². The molecule has 1 amide bonds. The third-order valence-electron chi connectivity index (χ3n) is 3.74. The van der Waals surface area contributed by atoms with Crippen LogP contribution in [-0.4, -0.2) is 18.8 Å². The lowest BCUT2D eigenvalue weighted by atomic mass is 9.99. The van der Waals surface area contributed by atoms with Crippen molar-refractivity contribution >= 4 is 17.9 Å². The average molecular weight is 311 g/mol. The summed E-state index contributed by atoms with van der Waals surface area (Å²) in [5.41, 5.74) is 2.52.